The van der Waals surface area contributed by atoms with E-state index in [1.165, 1.54) is 36.4 Å². The maximum atomic E-state index is 13.8. The second-order valence-corrected chi connectivity index (χ2v) is 5.96. The smallest absolute Gasteiger partial charge is 0.329 e. The molecular weight excluding hydrogens is 372 g/mol. The standard InChI is InChI=1S/C18H13ClF4N2O/c19-15-2-1-3-16(20)14(15)8-17(26)25(11-18(21,22)23)10-13-6-4-12(9-24)5-7-13/h1-7H,8,10-11H2. The molecule has 2 aromatic carbocycles. The van der Waals surface area contributed by atoms with Crippen LogP contribution in [0.2, 0.25) is 5.02 Å². The van der Waals surface area contributed by atoms with E-state index in [2.05, 4.69) is 0 Å². The van der Waals surface area contributed by atoms with Crippen molar-refractivity contribution in [3.63, 3.8) is 0 Å². The Morgan fingerprint density at radius 1 is 1.15 bits per heavy atom. The first-order chi connectivity index (χ1) is 12.2. The van der Waals surface area contributed by atoms with Crippen molar-refractivity contribution in [1.82, 2.24) is 4.90 Å². The van der Waals surface area contributed by atoms with E-state index in [0.717, 1.165) is 6.07 Å². The van der Waals surface area contributed by atoms with Crippen molar-refractivity contribution in [2.24, 2.45) is 0 Å². The van der Waals surface area contributed by atoms with Crippen molar-refractivity contribution < 1.29 is 22.4 Å². The lowest BCUT2D eigenvalue weighted by atomic mass is 10.1. The van der Waals surface area contributed by atoms with E-state index in [1.807, 2.05) is 6.07 Å². The van der Waals surface area contributed by atoms with E-state index in [4.69, 9.17) is 16.9 Å². The second-order valence-electron chi connectivity index (χ2n) is 5.55. The first-order valence-electron chi connectivity index (χ1n) is 7.46. The molecule has 1 amide bonds. The number of rotatable bonds is 5. The van der Waals surface area contributed by atoms with E-state index in [1.54, 1.807) is 0 Å². The Morgan fingerprint density at radius 3 is 2.35 bits per heavy atom. The minimum atomic E-state index is -4.61. The van der Waals surface area contributed by atoms with Crippen molar-refractivity contribution in [2.45, 2.75) is 19.1 Å². The van der Waals surface area contributed by atoms with Crippen LogP contribution in [0.25, 0.3) is 0 Å². The lowest BCUT2D eigenvalue weighted by molar-refractivity contribution is -0.162. The van der Waals surface area contributed by atoms with Gasteiger partial charge in [-0.25, -0.2) is 4.39 Å². The molecule has 136 valence electrons. The van der Waals surface area contributed by atoms with Gasteiger partial charge in [-0.05, 0) is 29.8 Å². The van der Waals surface area contributed by atoms with Crippen LogP contribution in [0.1, 0.15) is 16.7 Å². The summed E-state index contributed by atoms with van der Waals surface area (Å²) in [7, 11) is 0. The quantitative estimate of drug-likeness (QED) is 0.713. The summed E-state index contributed by atoms with van der Waals surface area (Å²) in [6.07, 6.45) is -5.20. The van der Waals surface area contributed by atoms with Gasteiger partial charge in [0.25, 0.3) is 0 Å². The van der Waals surface area contributed by atoms with Crippen molar-refractivity contribution in [1.29, 1.82) is 5.26 Å². The Labute approximate surface area is 152 Å². The van der Waals surface area contributed by atoms with Gasteiger partial charge in [0.2, 0.25) is 5.91 Å². The van der Waals surface area contributed by atoms with Crippen molar-refractivity contribution >= 4 is 17.5 Å². The number of nitrogens with zero attached hydrogens (tertiary/aromatic N) is 2. The predicted octanol–water partition coefficient (Wildman–Crippen LogP) is 4.48. The molecular formula is C18H13ClF4N2O. The number of hydrogen-bond donors (Lipinski definition) is 0. The van der Waals surface area contributed by atoms with Crippen molar-refractivity contribution in [2.75, 3.05) is 6.54 Å². The molecule has 0 N–H and O–H groups in total. The summed E-state index contributed by atoms with van der Waals surface area (Å²) < 4.78 is 52.4. The highest BCUT2D eigenvalue weighted by molar-refractivity contribution is 6.31. The average molecular weight is 385 g/mol. The largest absolute Gasteiger partial charge is 0.406 e. The monoisotopic (exact) mass is 384 g/mol. The molecule has 0 fully saturated rings. The van der Waals surface area contributed by atoms with Gasteiger partial charge in [-0.2, -0.15) is 18.4 Å². The molecule has 2 rings (SSSR count). The molecule has 0 aliphatic carbocycles. The van der Waals surface area contributed by atoms with Gasteiger partial charge in [-0.1, -0.05) is 29.8 Å². The van der Waals surface area contributed by atoms with Gasteiger partial charge in [0.15, 0.2) is 0 Å². The number of halogens is 5. The number of carbonyl (C=O) groups excluding carboxylic acids is 1. The third kappa shape index (κ3) is 5.46. The molecule has 0 heterocycles. The van der Waals surface area contributed by atoms with Crippen molar-refractivity contribution in [3.05, 3.63) is 70.0 Å². The van der Waals surface area contributed by atoms with E-state index < -0.39 is 30.9 Å². The third-order valence-electron chi connectivity index (χ3n) is 3.57. The Bertz CT molecular complexity index is 808. The lowest BCUT2D eigenvalue weighted by Gasteiger charge is -2.24. The third-order valence-corrected chi connectivity index (χ3v) is 3.92. The number of benzene rings is 2. The van der Waals surface area contributed by atoms with Crippen LogP contribution in [0, 0.1) is 17.1 Å². The lowest BCUT2D eigenvalue weighted by Crippen LogP contribution is -2.39. The molecule has 0 radical (unpaired) electrons. The van der Waals surface area contributed by atoms with Crippen LogP contribution in [0.15, 0.2) is 42.5 Å². The number of carbonyl (C=O) groups is 1. The van der Waals surface area contributed by atoms with E-state index >= 15 is 0 Å². The first-order valence-corrected chi connectivity index (χ1v) is 7.84. The fourth-order valence-electron chi connectivity index (χ4n) is 2.32. The fourth-order valence-corrected chi connectivity index (χ4v) is 2.55. The van der Waals surface area contributed by atoms with Crippen LogP contribution in [-0.2, 0) is 17.8 Å². The Balaban J connectivity index is 2.22. The van der Waals surface area contributed by atoms with Gasteiger partial charge in [0, 0.05) is 17.1 Å². The van der Waals surface area contributed by atoms with Gasteiger partial charge in [0.05, 0.1) is 18.1 Å². The summed E-state index contributed by atoms with van der Waals surface area (Å²) in [5, 5.41) is 8.73. The van der Waals surface area contributed by atoms with Crippen LogP contribution < -0.4 is 0 Å². The Hall–Kier alpha value is -2.59. The van der Waals surface area contributed by atoms with Crippen LogP contribution in [0.3, 0.4) is 0 Å². The second kappa shape index (κ2) is 8.19. The predicted molar refractivity (Wildman–Crippen MR) is 87.7 cm³/mol. The van der Waals surface area contributed by atoms with Gasteiger partial charge in [-0.3, -0.25) is 4.79 Å². The van der Waals surface area contributed by atoms with Gasteiger partial charge in [0.1, 0.15) is 12.4 Å². The van der Waals surface area contributed by atoms with Gasteiger partial charge >= 0.3 is 6.18 Å². The van der Waals surface area contributed by atoms with E-state index in [9.17, 15) is 22.4 Å². The number of amides is 1. The molecule has 0 spiro atoms. The molecule has 8 heteroatoms. The topological polar surface area (TPSA) is 44.1 Å². The van der Waals surface area contributed by atoms with Crippen molar-refractivity contribution in [3.8, 4) is 6.07 Å². The minimum Gasteiger partial charge on any atom is -0.329 e. The summed E-state index contributed by atoms with van der Waals surface area (Å²) in [5.41, 5.74) is 0.619. The average Bonchev–Trinajstić information content (AvgIpc) is 2.57. The molecule has 0 unspecified atom stereocenters. The van der Waals surface area contributed by atoms with Crippen LogP contribution >= 0.6 is 11.6 Å². The van der Waals surface area contributed by atoms with Crippen LogP contribution in [0.5, 0.6) is 0 Å². The summed E-state index contributed by atoms with van der Waals surface area (Å²) in [6.45, 7) is -1.80. The molecule has 0 saturated carbocycles. The zero-order valence-corrected chi connectivity index (χ0v) is 14.1. The molecule has 3 nitrogen and oxygen atoms in total. The molecule has 0 atom stereocenters. The number of nitriles is 1. The number of hydrogen-bond acceptors (Lipinski definition) is 2. The highest BCUT2D eigenvalue weighted by Gasteiger charge is 2.33. The van der Waals surface area contributed by atoms with Gasteiger partial charge < -0.3 is 4.90 Å². The maximum Gasteiger partial charge on any atom is 0.406 e. The Morgan fingerprint density at radius 2 is 1.81 bits per heavy atom. The SMILES string of the molecule is N#Cc1ccc(CN(CC(F)(F)F)C(=O)Cc2c(F)cccc2Cl)cc1. The molecule has 0 aliphatic heterocycles. The van der Waals surface area contributed by atoms with E-state index in [-0.39, 0.29) is 17.1 Å². The molecule has 0 aromatic heterocycles. The minimum absolute atomic E-state index is 0.0244. The summed E-state index contributed by atoms with van der Waals surface area (Å²) in [4.78, 5) is 13.0. The molecule has 0 saturated heterocycles. The summed E-state index contributed by atoms with van der Waals surface area (Å²) in [5.74, 6) is -1.66. The molecule has 2 aromatic rings. The molecule has 26 heavy (non-hydrogen) atoms. The Kier molecular flexibility index (Phi) is 6.22. The fraction of sp³-hybridized carbons (Fsp3) is 0.222. The molecule has 0 bridgehead atoms. The molecule has 0 aliphatic rings. The normalized spacial score (nSPS) is 11.1. The maximum absolute atomic E-state index is 13.8. The van der Waals surface area contributed by atoms with Crippen LogP contribution in [-0.4, -0.2) is 23.5 Å². The zero-order valence-electron chi connectivity index (χ0n) is 13.4. The van der Waals surface area contributed by atoms with Gasteiger partial charge in [-0.15, -0.1) is 0 Å². The summed E-state index contributed by atoms with van der Waals surface area (Å²) in [6, 6.07) is 11.5. The zero-order chi connectivity index (χ0) is 19.3. The number of alkyl halides is 3. The highest BCUT2D eigenvalue weighted by Crippen LogP contribution is 2.23. The summed E-state index contributed by atoms with van der Waals surface area (Å²) >= 11 is 5.84. The van der Waals surface area contributed by atoms with E-state index in [0.29, 0.717) is 16.0 Å². The first kappa shape index (κ1) is 19.7. The highest BCUT2D eigenvalue weighted by atomic mass is 35.5. The van der Waals surface area contributed by atoms with Crippen LogP contribution in [0.4, 0.5) is 17.6 Å².